The number of carbonyl (C=O) groups is 1. The monoisotopic (exact) mass is 351 g/mol. The minimum Gasteiger partial charge on any atom is -0.287 e. The summed E-state index contributed by atoms with van der Waals surface area (Å²) in [5.74, 6) is 0.501. The average molecular weight is 351 g/mol. The number of amidine groups is 1. The molecule has 0 bridgehead atoms. The summed E-state index contributed by atoms with van der Waals surface area (Å²) < 4.78 is 0. The van der Waals surface area contributed by atoms with Crippen LogP contribution in [-0.4, -0.2) is 27.5 Å². The molecule has 0 spiro atoms. The highest BCUT2D eigenvalue weighted by molar-refractivity contribution is 8.18. The summed E-state index contributed by atoms with van der Waals surface area (Å²) in [4.78, 5) is 23.7. The van der Waals surface area contributed by atoms with Crippen molar-refractivity contribution in [2.75, 3.05) is 6.54 Å². The zero-order valence-corrected chi connectivity index (χ0v) is 15.5. The largest absolute Gasteiger partial charge is 0.287 e. The predicted octanol–water partition coefficient (Wildman–Crippen LogP) is 4.83. The Balaban J connectivity index is 1.88. The number of aliphatic imine (C=N–C) groups is 1. The van der Waals surface area contributed by atoms with Crippen LogP contribution in [0.3, 0.4) is 0 Å². The molecule has 1 aliphatic heterocycles. The first-order valence-corrected chi connectivity index (χ1v) is 9.20. The van der Waals surface area contributed by atoms with E-state index in [1.807, 2.05) is 25.1 Å². The second-order valence-electron chi connectivity index (χ2n) is 6.09. The van der Waals surface area contributed by atoms with Gasteiger partial charge in [-0.15, -0.1) is 0 Å². The molecule has 0 N–H and O–H groups in total. The summed E-state index contributed by atoms with van der Waals surface area (Å²) in [5, 5.41) is 0.700. The minimum atomic E-state index is 0.00285. The summed E-state index contributed by atoms with van der Waals surface area (Å²) in [5.41, 5.74) is 3.07. The maximum Gasteiger partial charge on any atom is 0.266 e. The van der Waals surface area contributed by atoms with Gasteiger partial charge in [-0.1, -0.05) is 38.1 Å². The van der Waals surface area contributed by atoms with Crippen LogP contribution in [0, 0.1) is 0 Å². The molecular weight excluding hydrogens is 330 g/mol. The van der Waals surface area contributed by atoms with Crippen LogP contribution in [0.5, 0.6) is 0 Å². The van der Waals surface area contributed by atoms with Crippen LogP contribution in [0.1, 0.15) is 37.8 Å². The van der Waals surface area contributed by atoms with Crippen molar-refractivity contribution in [3.05, 3.63) is 64.8 Å². The Kier molecular flexibility index (Phi) is 5.34. The van der Waals surface area contributed by atoms with Crippen LogP contribution in [0.2, 0.25) is 0 Å². The van der Waals surface area contributed by atoms with E-state index >= 15 is 0 Å². The van der Waals surface area contributed by atoms with E-state index in [9.17, 15) is 4.79 Å². The molecule has 1 aromatic carbocycles. The molecule has 0 atom stereocenters. The topological polar surface area (TPSA) is 45.6 Å². The van der Waals surface area contributed by atoms with Gasteiger partial charge in [-0.3, -0.25) is 14.7 Å². The minimum absolute atomic E-state index is 0.00285. The fourth-order valence-electron chi connectivity index (χ4n) is 2.53. The number of carbonyl (C=O) groups excluding carboxylic acids is 1. The predicted molar refractivity (Wildman–Crippen MR) is 105 cm³/mol. The zero-order valence-electron chi connectivity index (χ0n) is 14.6. The standard InChI is InChI=1S/C20H21N3OS/c1-4-23-19(24)18(12-15-7-9-16(10-8-15)14(2)3)25-20(23)22-17-6-5-11-21-13-17/h5-14H,4H2,1-3H3/b18-12-,22-20?. The molecule has 2 aromatic rings. The number of hydrogen-bond acceptors (Lipinski definition) is 4. The van der Waals surface area contributed by atoms with Gasteiger partial charge < -0.3 is 0 Å². The van der Waals surface area contributed by atoms with Gasteiger partial charge in [0.05, 0.1) is 16.8 Å². The number of aromatic nitrogens is 1. The Bertz CT molecular complexity index is 811. The summed E-state index contributed by atoms with van der Waals surface area (Å²) in [7, 11) is 0. The Hall–Kier alpha value is -2.40. The normalized spacial score (nSPS) is 17.9. The van der Waals surface area contributed by atoms with E-state index in [1.165, 1.54) is 17.3 Å². The fraction of sp³-hybridized carbons (Fsp3) is 0.250. The van der Waals surface area contributed by atoms with Gasteiger partial charge in [0.25, 0.3) is 5.91 Å². The summed E-state index contributed by atoms with van der Waals surface area (Å²) in [6, 6.07) is 12.1. The molecule has 1 saturated heterocycles. The molecule has 1 aliphatic rings. The van der Waals surface area contributed by atoms with Crippen LogP contribution in [-0.2, 0) is 4.79 Å². The average Bonchev–Trinajstić information content (AvgIpc) is 2.91. The molecule has 128 valence electrons. The molecule has 5 heteroatoms. The molecule has 1 aromatic heterocycles. The first-order chi connectivity index (χ1) is 12.1. The fourth-order valence-corrected chi connectivity index (χ4v) is 3.59. The Morgan fingerprint density at radius 2 is 2.00 bits per heavy atom. The molecule has 1 fully saturated rings. The number of thioether (sulfide) groups is 1. The van der Waals surface area contributed by atoms with Gasteiger partial charge in [0, 0.05) is 12.7 Å². The van der Waals surface area contributed by atoms with Crippen molar-refractivity contribution >= 4 is 34.6 Å². The van der Waals surface area contributed by atoms with Crippen molar-refractivity contribution < 1.29 is 4.79 Å². The van der Waals surface area contributed by atoms with Crippen molar-refractivity contribution in [1.29, 1.82) is 0 Å². The molecular formula is C20H21N3OS. The van der Waals surface area contributed by atoms with E-state index in [2.05, 4.69) is 48.1 Å². The lowest BCUT2D eigenvalue weighted by atomic mass is 10.0. The highest BCUT2D eigenvalue weighted by atomic mass is 32.2. The van der Waals surface area contributed by atoms with E-state index in [0.29, 0.717) is 22.5 Å². The third kappa shape index (κ3) is 3.99. The van der Waals surface area contributed by atoms with E-state index < -0.39 is 0 Å². The summed E-state index contributed by atoms with van der Waals surface area (Å²) in [6.07, 6.45) is 5.34. The van der Waals surface area contributed by atoms with E-state index in [1.54, 1.807) is 17.3 Å². The Labute approximate surface area is 152 Å². The van der Waals surface area contributed by atoms with E-state index in [4.69, 9.17) is 0 Å². The van der Waals surface area contributed by atoms with Crippen molar-refractivity contribution in [3.63, 3.8) is 0 Å². The highest BCUT2D eigenvalue weighted by Crippen LogP contribution is 2.33. The third-order valence-corrected chi connectivity index (χ3v) is 4.98. The summed E-state index contributed by atoms with van der Waals surface area (Å²) >= 11 is 1.41. The number of benzene rings is 1. The first-order valence-electron chi connectivity index (χ1n) is 8.38. The van der Waals surface area contributed by atoms with Gasteiger partial charge in [-0.2, -0.15) is 0 Å². The van der Waals surface area contributed by atoms with Crippen LogP contribution in [0.15, 0.2) is 58.7 Å². The quantitative estimate of drug-likeness (QED) is 0.741. The van der Waals surface area contributed by atoms with Crippen molar-refractivity contribution in [1.82, 2.24) is 9.88 Å². The Morgan fingerprint density at radius 3 is 2.60 bits per heavy atom. The number of nitrogens with zero attached hydrogens (tertiary/aromatic N) is 3. The molecule has 3 rings (SSSR count). The number of rotatable bonds is 4. The van der Waals surface area contributed by atoms with Gasteiger partial charge in [-0.25, -0.2) is 4.99 Å². The number of pyridine rings is 1. The Morgan fingerprint density at radius 1 is 1.24 bits per heavy atom. The zero-order chi connectivity index (χ0) is 17.8. The first kappa shape index (κ1) is 17.4. The van der Waals surface area contributed by atoms with Crippen LogP contribution in [0.25, 0.3) is 6.08 Å². The van der Waals surface area contributed by atoms with Crippen LogP contribution >= 0.6 is 11.8 Å². The summed E-state index contributed by atoms with van der Waals surface area (Å²) in [6.45, 7) is 6.89. The number of amides is 1. The lowest BCUT2D eigenvalue weighted by Gasteiger charge is -2.11. The molecule has 25 heavy (non-hydrogen) atoms. The lowest BCUT2D eigenvalue weighted by Crippen LogP contribution is -2.28. The number of likely N-dealkylation sites (N-methyl/N-ethyl adjacent to an activating group) is 1. The lowest BCUT2D eigenvalue weighted by molar-refractivity contribution is -0.122. The van der Waals surface area contributed by atoms with E-state index in [0.717, 1.165) is 11.3 Å². The van der Waals surface area contributed by atoms with Gasteiger partial charge in [-0.05, 0) is 53.9 Å². The van der Waals surface area contributed by atoms with Crippen molar-refractivity contribution in [2.45, 2.75) is 26.7 Å². The van der Waals surface area contributed by atoms with Crippen molar-refractivity contribution in [3.8, 4) is 0 Å². The second kappa shape index (κ2) is 7.66. The van der Waals surface area contributed by atoms with Crippen LogP contribution < -0.4 is 0 Å². The maximum absolute atomic E-state index is 12.7. The van der Waals surface area contributed by atoms with Crippen LogP contribution in [0.4, 0.5) is 5.69 Å². The molecule has 0 unspecified atom stereocenters. The SMILES string of the molecule is CCN1C(=O)/C(=C/c2ccc(C(C)C)cc2)SC1=Nc1cccnc1. The molecule has 4 nitrogen and oxygen atoms in total. The van der Waals surface area contributed by atoms with E-state index in [-0.39, 0.29) is 5.91 Å². The number of hydrogen-bond donors (Lipinski definition) is 0. The highest BCUT2D eigenvalue weighted by Gasteiger charge is 2.32. The smallest absolute Gasteiger partial charge is 0.266 e. The third-order valence-electron chi connectivity index (χ3n) is 3.98. The molecule has 0 radical (unpaired) electrons. The molecule has 0 aliphatic carbocycles. The van der Waals surface area contributed by atoms with Gasteiger partial charge in [0.2, 0.25) is 0 Å². The molecule has 2 heterocycles. The maximum atomic E-state index is 12.7. The molecule has 0 saturated carbocycles. The second-order valence-corrected chi connectivity index (χ2v) is 7.10. The van der Waals surface area contributed by atoms with Gasteiger partial charge in [0.15, 0.2) is 5.17 Å². The van der Waals surface area contributed by atoms with Gasteiger partial charge >= 0.3 is 0 Å². The van der Waals surface area contributed by atoms with Gasteiger partial charge in [0.1, 0.15) is 0 Å². The molecule has 1 amide bonds. The van der Waals surface area contributed by atoms with Crippen molar-refractivity contribution in [2.24, 2.45) is 4.99 Å².